The largest absolute Gasteiger partial charge is 0.353 e. The topological polar surface area (TPSA) is 73.8 Å². The smallest absolute Gasteiger partial charge is 0.293 e. The Morgan fingerprint density at radius 3 is 2.44 bits per heavy atom. The number of hydrogen-bond acceptors (Lipinski definition) is 6. The number of thioether (sulfide) groups is 1. The van der Waals surface area contributed by atoms with Crippen LogP contribution in [0.1, 0.15) is 21.5 Å². The molecule has 0 bridgehead atoms. The van der Waals surface area contributed by atoms with Crippen molar-refractivity contribution >= 4 is 40.7 Å². The molecule has 0 unspecified atom stereocenters. The number of imide groups is 1. The molecule has 2 aliphatic heterocycles. The van der Waals surface area contributed by atoms with Crippen LogP contribution in [0.3, 0.4) is 0 Å². The first-order chi connectivity index (χ1) is 17.5. The Kier molecular flexibility index (Phi) is 6.81. The number of amides is 3. The highest BCUT2D eigenvalue weighted by Crippen LogP contribution is 2.33. The Morgan fingerprint density at radius 2 is 1.75 bits per heavy atom. The van der Waals surface area contributed by atoms with Gasteiger partial charge in [-0.25, -0.2) is 9.37 Å². The second-order valence-electron chi connectivity index (χ2n) is 8.49. The summed E-state index contributed by atoms with van der Waals surface area (Å²) < 4.78 is 13.5. The van der Waals surface area contributed by atoms with Gasteiger partial charge in [-0.05, 0) is 65.4 Å². The quantitative estimate of drug-likeness (QED) is 0.481. The summed E-state index contributed by atoms with van der Waals surface area (Å²) in [5.74, 6) is 0.0341. The molecule has 2 aromatic carbocycles. The number of anilines is 1. The molecule has 0 atom stereocenters. The van der Waals surface area contributed by atoms with Crippen LogP contribution in [0.15, 0.2) is 77.8 Å². The molecule has 2 fully saturated rings. The molecule has 182 valence electrons. The number of pyridine rings is 1. The van der Waals surface area contributed by atoms with Crippen molar-refractivity contribution in [2.45, 2.75) is 6.54 Å². The number of piperazine rings is 1. The van der Waals surface area contributed by atoms with Crippen LogP contribution in [0.4, 0.5) is 15.0 Å². The van der Waals surface area contributed by atoms with Crippen molar-refractivity contribution in [3.8, 4) is 0 Å². The normalized spacial score (nSPS) is 17.2. The highest BCUT2D eigenvalue weighted by Gasteiger charge is 2.35. The molecule has 3 aromatic rings. The monoisotopic (exact) mass is 502 g/mol. The number of benzene rings is 2. The molecule has 0 saturated carbocycles. The van der Waals surface area contributed by atoms with Crippen LogP contribution < -0.4 is 4.90 Å². The van der Waals surface area contributed by atoms with E-state index in [1.807, 2.05) is 23.1 Å². The number of carbonyl (C=O) groups is 3. The third-order valence-electron chi connectivity index (χ3n) is 6.10. The third-order valence-corrected chi connectivity index (χ3v) is 7.01. The summed E-state index contributed by atoms with van der Waals surface area (Å²) in [6.45, 7) is 2.66. The van der Waals surface area contributed by atoms with E-state index in [9.17, 15) is 18.8 Å². The summed E-state index contributed by atoms with van der Waals surface area (Å²) in [6, 6.07) is 18.6. The van der Waals surface area contributed by atoms with Crippen LogP contribution in [0, 0.1) is 5.82 Å². The maximum Gasteiger partial charge on any atom is 0.293 e. The van der Waals surface area contributed by atoms with Crippen molar-refractivity contribution in [2.24, 2.45) is 0 Å². The Morgan fingerprint density at radius 1 is 0.972 bits per heavy atom. The predicted octanol–water partition coefficient (Wildman–Crippen LogP) is 4.42. The van der Waals surface area contributed by atoms with Gasteiger partial charge in [-0.3, -0.25) is 19.3 Å². The summed E-state index contributed by atoms with van der Waals surface area (Å²) in [6.07, 6.45) is 3.40. The number of hydrogen-bond donors (Lipinski definition) is 0. The summed E-state index contributed by atoms with van der Waals surface area (Å²) in [5, 5.41) is -0.396. The van der Waals surface area contributed by atoms with E-state index in [4.69, 9.17) is 0 Å². The second kappa shape index (κ2) is 10.3. The Bertz CT molecular complexity index is 1320. The lowest BCUT2D eigenvalue weighted by Crippen LogP contribution is -2.49. The van der Waals surface area contributed by atoms with E-state index in [2.05, 4.69) is 9.88 Å². The highest BCUT2D eigenvalue weighted by atomic mass is 32.2. The van der Waals surface area contributed by atoms with Gasteiger partial charge in [-0.2, -0.15) is 0 Å². The average molecular weight is 503 g/mol. The van der Waals surface area contributed by atoms with E-state index in [1.54, 1.807) is 48.7 Å². The first kappa shape index (κ1) is 23.7. The zero-order chi connectivity index (χ0) is 25.1. The van der Waals surface area contributed by atoms with Crippen molar-refractivity contribution in [1.82, 2.24) is 14.8 Å². The average Bonchev–Trinajstić information content (AvgIpc) is 3.16. The van der Waals surface area contributed by atoms with E-state index in [-0.39, 0.29) is 12.5 Å². The molecular weight excluding hydrogens is 479 g/mol. The molecule has 2 aliphatic rings. The standard InChI is InChI=1S/C27H23FN4O3S/c28-22-5-3-4-20(16-22)18-32-26(34)23(36-27(32)35)17-19-7-9-21(10-8-19)25(33)31-14-12-30(13-15-31)24-6-1-2-11-29-24/h1-11,16-17H,12-15,18H2. The molecule has 2 saturated heterocycles. The number of carbonyl (C=O) groups excluding carboxylic acids is 3. The van der Waals surface area contributed by atoms with Gasteiger partial charge in [0.1, 0.15) is 11.6 Å². The lowest BCUT2D eigenvalue weighted by atomic mass is 10.1. The van der Waals surface area contributed by atoms with Crippen molar-refractivity contribution in [2.75, 3.05) is 31.1 Å². The number of nitrogens with zero attached hydrogens (tertiary/aromatic N) is 4. The van der Waals surface area contributed by atoms with Crippen LogP contribution in [0.5, 0.6) is 0 Å². The van der Waals surface area contributed by atoms with Crippen LogP contribution >= 0.6 is 11.8 Å². The highest BCUT2D eigenvalue weighted by molar-refractivity contribution is 8.18. The fourth-order valence-electron chi connectivity index (χ4n) is 4.19. The van der Waals surface area contributed by atoms with Crippen LogP contribution in [-0.2, 0) is 11.3 Å². The van der Waals surface area contributed by atoms with Crippen LogP contribution in [-0.4, -0.2) is 58.0 Å². The molecule has 3 heterocycles. The SMILES string of the molecule is O=C(c1ccc(C=C2SC(=O)N(Cc3cccc(F)c3)C2=O)cc1)N1CCN(c2ccccn2)CC1. The molecular formula is C27H23FN4O3S. The fourth-order valence-corrected chi connectivity index (χ4v) is 5.03. The van der Waals surface area contributed by atoms with Gasteiger partial charge in [0.05, 0.1) is 11.4 Å². The molecule has 7 nitrogen and oxygen atoms in total. The van der Waals surface area contributed by atoms with E-state index in [1.165, 1.54) is 12.1 Å². The minimum absolute atomic E-state index is 0.0147. The molecule has 5 rings (SSSR count). The zero-order valence-corrected chi connectivity index (χ0v) is 20.2. The van der Waals surface area contributed by atoms with E-state index in [0.717, 1.165) is 22.5 Å². The number of aromatic nitrogens is 1. The molecule has 0 aliphatic carbocycles. The Labute approximate surface area is 212 Å². The van der Waals surface area contributed by atoms with E-state index in [0.29, 0.717) is 47.8 Å². The maximum absolute atomic E-state index is 13.5. The first-order valence-corrected chi connectivity index (χ1v) is 12.3. The Balaban J connectivity index is 1.21. The zero-order valence-electron chi connectivity index (χ0n) is 19.3. The Hall–Kier alpha value is -3.98. The fraction of sp³-hybridized carbons (Fsp3) is 0.185. The van der Waals surface area contributed by atoms with Gasteiger partial charge in [-0.1, -0.05) is 30.3 Å². The van der Waals surface area contributed by atoms with Gasteiger partial charge in [-0.15, -0.1) is 0 Å². The maximum atomic E-state index is 13.5. The molecule has 9 heteroatoms. The number of halogens is 1. The predicted molar refractivity (Wildman–Crippen MR) is 137 cm³/mol. The second-order valence-corrected chi connectivity index (χ2v) is 9.48. The van der Waals surface area contributed by atoms with Crippen LogP contribution in [0.2, 0.25) is 0 Å². The molecule has 0 radical (unpaired) electrons. The molecule has 1 aromatic heterocycles. The summed E-state index contributed by atoms with van der Waals surface area (Å²) in [5.41, 5.74) is 1.82. The van der Waals surface area contributed by atoms with E-state index >= 15 is 0 Å². The third kappa shape index (κ3) is 5.16. The summed E-state index contributed by atoms with van der Waals surface area (Å²) >= 11 is 0.851. The van der Waals surface area contributed by atoms with Crippen molar-refractivity contribution in [1.29, 1.82) is 0 Å². The van der Waals surface area contributed by atoms with Gasteiger partial charge in [0, 0.05) is 37.9 Å². The first-order valence-electron chi connectivity index (χ1n) is 11.5. The van der Waals surface area contributed by atoms with Gasteiger partial charge in [0.25, 0.3) is 17.1 Å². The minimum atomic E-state index is -0.417. The summed E-state index contributed by atoms with van der Waals surface area (Å²) in [4.78, 5) is 47.9. The van der Waals surface area contributed by atoms with E-state index < -0.39 is 17.0 Å². The lowest BCUT2D eigenvalue weighted by Gasteiger charge is -2.35. The van der Waals surface area contributed by atoms with Gasteiger partial charge >= 0.3 is 0 Å². The van der Waals surface area contributed by atoms with Crippen molar-refractivity contribution in [3.63, 3.8) is 0 Å². The van der Waals surface area contributed by atoms with Crippen LogP contribution in [0.25, 0.3) is 6.08 Å². The van der Waals surface area contributed by atoms with Gasteiger partial charge in [0.2, 0.25) is 0 Å². The lowest BCUT2D eigenvalue weighted by molar-refractivity contribution is -0.123. The number of rotatable bonds is 5. The van der Waals surface area contributed by atoms with Gasteiger partial charge in [0.15, 0.2) is 0 Å². The molecule has 0 spiro atoms. The van der Waals surface area contributed by atoms with Crippen molar-refractivity contribution < 1.29 is 18.8 Å². The van der Waals surface area contributed by atoms with Crippen molar-refractivity contribution in [3.05, 3.63) is 100 Å². The molecule has 3 amide bonds. The molecule has 36 heavy (non-hydrogen) atoms. The summed E-state index contributed by atoms with van der Waals surface area (Å²) in [7, 11) is 0. The minimum Gasteiger partial charge on any atom is -0.353 e. The molecule has 0 N–H and O–H groups in total. The van der Waals surface area contributed by atoms with Gasteiger partial charge < -0.3 is 9.80 Å².